The maximum Gasteiger partial charge on any atom is 0.135 e. The highest BCUT2D eigenvalue weighted by molar-refractivity contribution is 5.82. The molecule has 0 amide bonds. The van der Waals surface area contributed by atoms with Crippen LogP contribution in [0.1, 0.15) is 46.0 Å². The molecule has 1 atom stereocenters. The van der Waals surface area contributed by atoms with E-state index in [0.29, 0.717) is 0 Å². The van der Waals surface area contributed by atoms with Gasteiger partial charge < -0.3 is 4.74 Å². The topological polar surface area (TPSA) is 9.23 Å². The highest BCUT2D eigenvalue weighted by atomic mass is 16.5. The molecule has 0 spiro atoms. The van der Waals surface area contributed by atoms with Crippen molar-refractivity contribution in [2.45, 2.75) is 52.1 Å². The Labute approximate surface area is 164 Å². The zero-order valence-electron chi connectivity index (χ0n) is 16.5. The quantitative estimate of drug-likeness (QED) is 0.355. The maximum absolute atomic E-state index is 6.68. The zero-order valence-corrected chi connectivity index (χ0v) is 16.5. The lowest BCUT2D eigenvalue weighted by Gasteiger charge is -2.23. The van der Waals surface area contributed by atoms with Gasteiger partial charge in [0.15, 0.2) is 0 Å². The van der Waals surface area contributed by atoms with Gasteiger partial charge >= 0.3 is 0 Å². The smallest absolute Gasteiger partial charge is 0.135 e. The van der Waals surface area contributed by atoms with E-state index in [9.17, 15) is 0 Å². The largest absolute Gasteiger partial charge is 0.489 e. The van der Waals surface area contributed by atoms with Gasteiger partial charge in [-0.05, 0) is 30.4 Å². The summed E-state index contributed by atoms with van der Waals surface area (Å²) in [6, 6.07) is 27.6. The molecule has 140 valence electrons. The van der Waals surface area contributed by atoms with Crippen molar-refractivity contribution in [3.8, 4) is 28.0 Å². The number of para-hydroxylation sites is 1. The standard InChI is InChI=1S/C26H30O/c1-3-5-8-18-23(4-2)27-26-24(21-14-9-6-10-15-21)19-13-20-25(26)22-16-11-7-12-17-22/h6-7,9-17,19-20,23H,3-5,8,18H2,1-2H3/t23-/m1/s1. The van der Waals surface area contributed by atoms with Gasteiger partial charge in [-0.15, -0.1) is 0 Å². The van der Waals surface area contributed by atoms with E-state index < -0.39 is 0 Å². The Morgan fingerprint density at radius 1 is 0.667 bits per heavy atom. The number of unbranched alkanes of at least 4 members (excludes halogenated alkanes) is 2. The van der Waals surface area contributed by atoms with Crippen LogP contribution in [0.2, 0.25) is 0 Å². The summed E-state index contributed by atoms with van der Waals surface area (Å²) < 4.78 is 6.68. The Balaban J connectivity index is 2.02. The zero-order chi connectivity index (χ0) is 18.9. The Kier molecular flexibility index (Phi) is 7.10. The van der Waals surface area contributed by atoms with Gasteiger partial charge in [-0.3, -0.25) is 0 Å². The molecule has 3 aromatic rings. The summed E-state index contributed by atoms with van der Waals surface area (Å²) in [5.74, 6) is 1.01. The SMILES string of the molecule is CCCCC[C@@H](CC)Oc1c(-c2ccccc2)cccc1-c1ccccc1. The molecule has 0 aliphatic heterocycles. The first kappa shape index (κ1) is 19.2. The summed E-state index contributed by atoms with van der Waals surface area (Å²) in [7, 11) is 0. The molecule has 0 radical (unpaired) electrons. The fourth-order valence-electron chi connectivity index (χ4n) is 3.49. The molecular formula is C26H30O. The summed E-state index contributed by atoms with van der Waals surface area (Å²) in [6.07, 6.45) is 6.13. The minimum atomic E-state index is 0.254. The lowest BCUT2D eigenvalue weighted by Crippen LogP contribution is -2.16. The second-order valence-electron chi connectivity index (χ2n) is 7.06. The van der Waals surface area contributed by atoms with E-state index in [2.05, 4.69) is 92.7 Å². The van der Waals surface area contributed by atoms with Crippen molar-refractivity contribution in [2.75, 3.05) is 0 Å². The molecule has 0 fully saturated rings. The van der Waals surface area contributed by atoms with Crippen molar-refractivity contribution < 1.29 is 4.74 Å². The number of hydrogen-bond acceptors (Lipinski definition) is 1. The lowest BCUT2D eigenvalue weighted by molar-refractivity contribution is 0.184. The van der Waals surface area contributed by atoms with Crippen molar-refractivity contribution in [1.29, 1.82) is 0 Å². The monoisotopic (exact) mass is 358 g/mol. The van der Waals surface area contributed by atoms with Gasteiger partial charge in [0, 0.05) is 11.1 Å². The predicted octanol–water partition coefficient (Wildman–Crippen LogP) is 7.76. The Morgan fingerprint density at radius 2 is 1.22 bits per heavy atom. The second-order valence-corrected chi connectivity index (χ2v) is 7.06. The van der Waals surface area contributed by atoms with Crippen LogP contribution in [-0.2, 0) is 0 Å². The molecule has 1 heteroatoms. The van der Waals surface area contributed by atoms with Gasteiger partial charge in [-0.25, -0.2) is 0 Å². The van der Waals surface area contributed by atoms with Gasteiger partial charge in [0.1, 0.15) is 5.75 Å². The van der Waals surface area contributed by atoms with Crippen molar-refractivity contribution in [3.63, 3.8) is 0 Å². The van der Waals surface area contributed by atoms with Crippen LogP contribution in [0.3, 0.4) is 0 Å². The normalized spacial score (nSPS) is 11.9. The minimum absolute atomic E-state index is 0.254. The predicted molar refractivity (Wildman–Crippen MR) is 116 cm³/mol. The molecule has 0 aliphatic carbocycles. The molecule has 0 saturated carbocycles. The Morgan fingerprint density at radius 3 is 1.70 bits per heavy atom. The molecule has 0 bridgehead atoms. The van der Waals surface area contributed by atoms with E-state index in [0.717, 1.165) is 18.6 Å². The van der Waals surface area contributed by atoms with Crippen LogP contribution < -0.4 is 4.74 Å². The van der Waals surface area contributed by atoms with Crippen molar-refractivity contribution in [1.82, 2.24) is 0 Å². The number of rotatable bonds is 9. The molecule has 0 unspecified atom stereocenters. The molecule has 27 heavy (non-hydrogen) atoms. The van der Waals surface area contributed by atoms with Gasteiger partial charge in [0.2, 0.25) is 0 Å². The molecule has 0 heterocycles. The third-order valence-corrected chi connectivity index (χ3v) is 5.05. The first-order valence-electron chi connectivity index (χ1n) is 10.2. The number of ether oxygens (including phenoxy) is 1. The Bertz CT molecular complexity index is 750. The van der Waals surface area contributed by atoms with E-state index in [4.69, 9.17) is 4.74 Å². The summed E-state index contributed by atoms with van der Waals surface area (Å²) in [5, 5.41) is 0. The third-order valence-electron chi connectivity index (χ3n) is 5.05. The molecule has 3 rings (SSSR count). The van der Waals surface area contributed by atoms with Gasteiger partial charge in [0.05, 0.1) is 6.10 Å². The molecular weight excluding hydrogens is 328 g/mol. The highest BCUT2D eigenvalue weighted by Gasteiger charge is 2.17. The third kappa shape index (κ3) is 5.01. The van der Waals surface area contributed by atoms with Crippen molar-refractivity contribution in [3.05, 3.63) is 78.9 Å². The first-order chi connectivity index (χ1) is 13.3. The fraction of sp³-hybridized carbons (Fsp3) is 0.308. The van der Waals surface area contributed by atoms with Gasteiger partial charge in [0.25, 0.3) is 0 Å². The number of benzene rings is 3. The van der Waals surface area contributed by atoms with Crippen LogP contribution in [-0.4, -0.2) is 6.10 Å². The molecule has 0 saturated heterocycles. The van der Waals surface area contributed by atoms with Crippen LogP contribution in [0.25, 0.3) is 22.3 Å². The van der Waals surface area contributed by atoms with Gasteiger partial charge in [-0.2, -0.15) is 0 Å². The number of hydrogen-bond donors (Lipinski definition) is 0. The van der Waals surface area contributed by atoms with E-state index in [1.807, 2.05) is 0 Å². The minimum Gasteiger partial charge on any atom is -0.489 e. The summed E-state index contributed by atoms with van der Waals surface area (Å²) in [4.78, 5) is 0. The molecule has 3 aromatic carbocycles. The Hall–Kier alpha value is -2.54. The van der Waals surface area contributed by atoms with Crippen molar-refractivity contribution >= 4 is 0 Å². The van der Waals surface area contributed by atoms with Crippen LogP contribution >= 0.6 is 0 Å². The van der Waals surface area contributed by atoms with E-state index in [-0.39, 0.29) is 6.10 Å². The average Bonchev–Trinajstić information content (AvgIpc) is 2.74. The summed E-state index contributed by atoms with van der Waals surface area (Å²) in [5.41, 5.74) is 4.75. The maximum atomic E-state index is 6.68. The summed E-state index contributed by atoms with van der Waals surface area (Å²) in [6.45, 7) is 4.48. The molecule has 0 aromatic heterocycles. The molecule has 0 N–H and O–H groups in total. The van der Waals surface area contributed by atoms with Crippen LogP contribution in [0.5, 0.6) is 5.75 Å². The average molecular weight is 359 g/mol. The van der Waals surface area contributed by atoms with Gasteiger partial charge in [-0.1, -0.05) is 106 Å². The van der Waals surface area contributed by atoms with E-state index >= 15 is 0 Å². The molecule has 1 nitrogen and oxygen atoms in total. The summed E-state index contributed by atoms with van der Waals surface area (Å²) >= 11 is 0. The van der Waals surface area contributed by atoms with E-state index in [1.54, 1.807) is 0 Å². The first-order valence-corrected chi connectivity index (χ1v) is 10.2. The molecule has 0 aliphatic rings. The lowest BCUT2D eigenvalue weighted by atomic mass is 9.97. The van der Waals surface area contributed by atoms with Crippen LogP contribution in [0, 0.1) is 0 Å². The van der Waals surface area contributed by atoms with Crippen LogP contribution in [0.4, 0.5) is 0 Å². The second kappa shape index (κ2) is 9.97. The fourth-order valence-corrected chi connectivity index (χ4v) is 3.49. The van der Waals surface area contributed by atoms with Crippen LogP contribution in [0.15, 0.2) is 78.9 Å². The van der Waals surface area contributed by atoms with E-state index in [1.165, 1.54) is 41.5 Å². The van der Waals surface area contributed by atoms with Crippen molar-refractivity contribution in [2.24, 2.45) is 0 Å². The highest BCUT2D eigenvalue weighted by Crippen LogP contribution is 2.40.